The Morgan fingerprint density at radius 3 is 2.41 bits per heavy atom. The van der Waals surface area contributed by atoms with Crippen molar-refractivity contribution in [2.45, 2.75) is 59.4 Å². The monoisotopic (exact) mass is 406 g/mol. The first kappa shape index (κ1) is 23.1. The molecule has 1 heterocycles. The van der Waals surface area contributed by atoms with E-state index in [0.29, 0.717) is 48.7 Å². The fraction of sp³-hybridized carbons (Fsp3) is 0.682. The molecule has 7 nitrogen and oxygen atoms in total. The van der Waals surface area contributed by atoms with E-state index in [0.717, 1.165) is 19.3 Å². The summed E-state index contributed by atoms with van der Waals surface area (Å²) in [6, 6.07) is -0.602. The second-order valence-electron chi connectivity index (χ2n) is 7.73. The number of ketones is 1. The zero-order valence-electron chi connectivity index (χ0n) is 18.5. The van der Waals surface area contributed by atoms with Crippen molar-refractivity contribution in [1.82, 2.24) is 9.47 Å². The Hall–Kier alpha value is -2.15. The van der Waals surface area contributed by atoms with E-state index in [9.17, 15) is 14.4 Å². The molecule has 0 aromatic carbocycles. The lowest BCUT2D eigenvalue weighted by molar-refractivity contribution is -0.139. The summed E-state index contributed by atoms with van der Waals surface area (Å²) in [5.74, 6) is -0.553. The van der Waals surface area contributed by atoms with Crippen molar-refractivity contribution in [3.05, 3.63) is 22.5 Å². The van der Waals surface area contributed by atoms with Crippen LogP contribution in [0.5, 0.6) is 0 Å². The zero-order valence-corrected chi connectivity index (χ0v) is 18.5. The number of methoxy groups -OCH3 is 1. The Labute approximate surface area is 173 Å². The van der Waals surface area contributed by atoms with Gasteiger partial charge < -0.3 is 18.9 Å². The van der Waals surface area contributed by atoms with Gasteiger partial charge in [-0.3, -0.25) is 9.59 Å². The highest BCUT2D eigenvalue weighted by Gasteiger charge is 2.36. The van der Waals surface area contributed by atoms with Gasteiger partial charge in [0.05, 0.1) is 13.2 Å². The lowest BCUT2D eigenvalue weighted by atomic mass is 9.83. The molecule has 0 radical (unpaired) electrons. The smallest absolute Gasteiger partial charge is 0.354 e. The molecule has 0 saturated heterocycles. The SMILES string of the molecule is CCOCCCN(C(=O)C1CCC1)C(C)C(=O)c1c(C)c(C(=O)OC)n(C)c1C. The van der Waals surface area contributed by atoms with Crippen LogP contribution < -0.4 is 0 Å². The Balaban J connectivity index is 2.30. The topological polar surface area (TPSA) is 77.8 Å². The number of carbonyl (C=O) groups is 3. The molecule has 1 saturated carbocycles. The van der Waals surface area contributed by atoms with Gasteiger partial charge in [-0.05, 0) is 52.5 Å². The first-order valence-electron chi connectivity index (χ1n) is 10.4. The molecule has 1 aromatic heterocycles. The van der Waals surface area contributed by atoms with E-state index in [1.54, 1.807) is 30.4 Å². The Kier molecular flexibility index (Phi) is 8.02. The summed E-state index contributed by atoms with van der Waals surface area (Å²) in [6.07, 6.45) is 3.52. The number of amides is 1. The molecule has 0 bridgehead atoms. The van der Waals surface area contributed by atoms with Crippen LogP contribution in [0.2, 0.25) is 0 Å². The van der Waals surface area contributed by atoms with Gasteiger partial charge in [-0.2, -0.15) is 0 Å². The molecule has 1 aromatic rings. The summed E-state index contributed by atoms with van der Waals surface area (Å²) in [6.45, 7) is 8.95. The number of nitrogens with zero attached hydrogens (tertiary/aromatic N) is 2. The van der Waals surface area contributed by atoms with Crippen LogP contribution in [0.1, 0.15) is 71.6 Å². The highest BCUT2D eigenvalue weighted by molar-refractivity contribution is 6.06. The molecule has 29 heavy (non-hydrogen) atoms. The average Bonchev–Trinajstić information content (AvgIpc) is 2.87. The standard InChI is InChI=1S/C22H34N2O5/c1-7-29-13-9-12-24(21(26)17-10-8-11-17)16(4)20(25)18-14(2)19(22(27)28-6)23(5)15(18)3/h16-17H,7-13H2,1-6H3. The van der Waals surface area contributed by atoms with E-state index < -0.39 is 12.0 Å². The van der Waals surface area contributed by atoms with Gasteiger partial charge >= 0.3 is 5.97 Å². The largest absolute Gasteiger partial charge is 0.464 e. The summed E-state index contributed by atoms with van der Waals surface area (Å²) in [5.41, 5.74) is 2.16. The number of aromatic nitrogens is 1. The van der Waals surface area contributed by atoms with Crippen LogP contribution in [0.3, 0.4) is 0 Å². The van der Waals surface area contributed by atoms with Crippen molar-refractivity contribution in [2.75, 3.05) is 26.9 Å². The third-order valence-corrected chi connectivity index (χ3v) is 6.03. The third-order valence-electron chi connectivity index (χ3n) is 6.03. The number of Topliss-reactive ketones (excluding diaryl/α,β-unsaturated/α-hetero) is 1. The summed E-state index contributed by atoms with van der Waals surface area (Å²) in [4.78, 5) is 40.3. The lowest BCUT2D eigenvalue weighted by Crippen LogP contribution is -2.48. The first-order chi connectivity index (χ1) is 13.8. The molecule has 1 aliphatic carbocycles. The van der Waals surface area contributed by atoms with Crippen LogP contribution in [-0.2, 0) is 21.3 Å². The predicted octanol–water partition coefficient (Wildman–Crippen LogP) is 3.06. The third kappa shape index (κ3) is 4.71. The fourth-order valence-corrected chi connectivity index (χ4v) is 3.94. The minimum Gasteiger partial charge on any atom is -0.464 e. The second-order valence-corrected chi connectivity index (χ2v) is 7.73. The lowest BCUT2D eigenvalue weighted by Gasteiger charge is -2.35. The van der Waals surface area contributed by atoms with E-state index in [1.807, 2.05) is 13.8 Å². The van der Waals surface area contributed by atoms with Gasteiger partial charge in [0.2, 0.25) is 5.91 Å². The van der Waals surface area contributed by atoms with Gasteiger partial charge in [-0.25, -0.2) is 4.79 Å². The quantitative estimate of drug-likeness (QED) is 0.339. The van der Waals surface area contributed by atoms with Crippen molar-refractivity contribution in [1.29, 1.82) is 0 Å². The zero-order chi connectivity index (χ0) is 21.7. The Bertz CT molecular complexity index is 764. The maximum Gasteiger partial charge on any atom is 0.354 e. The van der Waals surface area contributed by atoms with Gasteiger partial charge in [0, 0.05) is 44.0 Å². The van der Waals surface area contributed by atoms with Gasteiger partial charge in [0.15, 0.2) is 5.78 Å². The summed E-state index contributed by atoms with van der Waals surface area (Å²) < 4.78 is 12.0. The van der Waals surface area contributed by atoms with Gasteiger partial charge in [0.1, 0.15) is 5.69 Å². The number of rotatable bonds is 10. The molecular formula is C22H34N2O5. The van der Waals surface area contributed by atoms with Gasteiger partial charge in [0.25, 0.3) is 0 Å². The number of carbonyl (C=O) groups excluding carboxylic acids is 3. The van der Waals surface area contributed by atoms with Crippen LogP contribution in [0.4, 0.5) is 0 Å². The van der Waals surface area contributed by atoms with Crippen LogP contribution in [-0.4, -0.2) is 60.0 Å². The fourth-order valence-electron chi connectivity index (χ4n) is 3.94. The van der Waals surface area contributed by atoms with Crippen molar-refractivity contribution in [2.24, 2.45) is 13.0 Å². The van der Waals surface area contributed by atoms with E-state index in [2.05, 4.69) is 0 Å². The molecule has 7 heteroatoms. The van der Waals surface area contributed by atoms with Crippen LogP contribution in [0, 0.1) is 19.8 Å². The maximum absolute atomic E-state index is 13.4. The van der Waals surface area contributed by atoms with Gasteiger partial charge in [-0.1, -0.05) is 6.42 Å². The molecule has 0 N–H and O–H groups in total. The van der Waals surface area contributed by atoms with Crippen LogP contribution in [0.15, 0.2) is 0 Å². The van der Waals surface area contributed by atoms with Crippen LogP contribution >= 0.6 is 0 Å². The van der Waals surface area contributed by atoms with Crippen molar-refractivity contribution in [3.63, 3.8) is 0 Å². The van der Waals surface area contributed by atoms with E-state index in [4.69, 9.17) is 9.47 Å². The molecule has 1 amide bonds. The van der Waals surface area contributed by atoms with E-state index in [-0.39, 0.29) is 17.6 Å². The maximum atomic E-state index is 13.4. The molecule has 1 fully saturated rings. The van der Waals surface area contributed by atoms with Crippen molar-refractivity contribution < 1.29 is 23.9 Å². The predicted molar refractivity (Wildman–Crippen MR) is 110 cm³/mol. The number of ether oxygens (including phenoxy) is 2. The van der Waals surface area contributed by atoms with Crippen LogP contribution in [0.25, 0.3) is 0 Å². The summed E-state index contributed by atoms with van der Waals surface area (Å²) in [5, 5.41) is 0. The molecular weight excluding hydrogens is 372 g/mol. The molecule has 1 atom stereocenters. The summed E-state index contributed by atoms with van der Waals surface area (Å²) >= 11 is 0. The molecule has 0 spiro atoms. The Morgan fingerprint density at radius 1 is 1.24 bits per heavy atom. The number of esters is 1. The van der Waals surface area contributed by atoms with Crippen molar-refractivity contribution in [3.8, 4) is 0 Å². The van der Waals surface area contributed by atoms with E-state index in [1.165, 1.54) is 7.11 Å². The highest BCUT2D eigenvalue weighted by atomic mass is 16.5. The minimum absolute atomic E-state index is 0.0148. The number of hydrogen-bond donors (Lipinski definition) is 0. The molecule has 162 valence electrons. The molecule has 1 unspecified atom stereocenters. The summed E-state index contributed by atoms with van der Waals surface area (Å²) in [7, 11) is 3.07. The normalized spacial score (nSPS) is 15.0. The molecule has 0 aliphatic heterocycles. The van der Waals surface area contributed by atoms with Gasteiger partial charge in [-0.15, -0.1) is 0 Å². The second kappa shape index (κ2) is 10.1. The Morgan fingerprint density at radius 2 is 1.90 bits per heavy atom. The molecule has 2 rings (SSSR count). The average molecular weight is 407 g/mol. The molecule has 1 aliphatic rings. The highest BCUT2D eigenvalue weighted by Crippen LogP contribution is 2.30. The first-order valence-corrected chi connectivity index (χ1v) is 10.4. The van der Waals surface area contributed by atoms with E-state index >= 15 is 0 Å². The number of hydrogen-bond acceptors (Lipinski definition) is 5. The minimum atomic E-state index is -0.602. The van der Waals surface area contributed by atoms with Crippen molar-refractivity contribution >= 4 is 17.7 Å².